The highest BCUT2D eigenvalue weighted by Crippen LogP contribution is 2.20. The smallest absolute Gasteiger partial charge is 0.321 e. The van der Waals surface area contributed by atoms with Crippen LogP contribution in [0.2, 0.25) is 0 Å². The number of nitrogens with one attached hydrogen (secondary N) is 2. The van der Waals surface area contributed by atoms with Crippen molar-refractivity contribution in [1.82, 2.24) is 10.2 Å². The van der Waals surface area contributed by atoms with E-state index in [0.717, 1.165) is 11.1 Å². The lowest BCUT2D eigenvalue weighted by molar-refractivity contribution is -0.154. The van der Waals surface area contributed by atoms with Crippen molar-refractivity contribution in [3.05, 3.63) is 102 Å². The van der Waals surface area contributed by atoms with E-state index in [1.807, 2.05) is 91.0 Å². The number of piperidine rings is 1. The van der Waals surface area contributed by atoms with Crippen molar-refractivity contribution >= 4 is 23.6 Å². The Bertz CT molecular complexity index is 1140. The van der Waals surface area contributed by atoms with E-state index in [4.69, 9.17) is 4.74 Å². The quantitative estimate of drug-likeness (QED) is 0.458. The normalized spacial score (nSPS) is 16.0. The van der Waals surface area contributed by atoms with E-state index in [1.54, 1.807) is 4.90 Å². The largest absolute Gasteiger partial charge is 0.455 e. The van der Waals surface area contributed by atoms with Crippen molar-refractivity contribution < 1.29 is 19.1 Å². The summed E-state index contributed by atoms with van der Waals surface area (Å²) in [5.41, 5.74) is 2.78. The van der Waals surface area contributed by atoms with E-state index in [1.165, 1.54) is 0 Å². The van der Waals surface area contributed by atoms with Gasteiger partial charge in [0.05, 0.1) is 12.0 Å². The first kappa shape index (κ1) is 25.0. The number of esters is 1. The van der Waals surface area contributed by atoms with Crippen LogP contribution in [0.4, 0.5) is 10.5 Å². The van der Waals surface area contributed by atoms with Crippen LogP contribution in [0.3, 0.4) is 0 Å². The third kappa shape index (κ3) is 7.18. The fourth-order valence-electron chi connectivity index (χ4n) is 4.36. The van der Waals surface area contributed by atoms with Gasteiger partial charge in [0.15, 0.2) is 6.61 Å². The van der Waals surface area contributed by atoms with Crippen molar-refractivity contribution in [2.75, 3.05) is 25.0 Å². The number of urea groups is 1. The number of hydrogen-bond acceptors (Lipinski definition) is 4. The summed E-state index contributed by atoms with van der Waals surface area (Å²) in [6.45, 7) is 0.477. The lowest BCUT2D eigenvalue weighted by atomic mass is 9.98. The molecular weight excluding hydrogens is 454 g/mol. The molecule has 1 heterocycles. The highest BCUT2D eigenvalue weighted by molar-refractivity contribution is 5.90. The van der Waals surface area contributed by atoms with Crippen LogP contribution in [0, 0.1) is 5.92 Å². The van der Waals surface area contributed by atoms with E-state index < -0.39 is 11.9 Å². The van der Waals surface area contributed by atoms with E-state index in [2.05, 4.69) is 10.6 Å². The summed E-state index contributed by atoms with van der Waals surface area (Å²) in [5.74, 6) is -1.27. The van der Waals surface area contributed by atoms with Gasteiger partial charge in [-0.15, -0.1) is 0 Å². The Labute approximate surface area is 211 Å². The summed E-state index contributed by atoms with van der Waals surface area (Å²) < 4.78 is 5.37. The SMILES string of the molecule is O=C(COC(=O)C1CCCN(C(=O)Nc2ccccc2)C1)NC(Cc1ccccc1)c1ccccc1. The summed E-state index contributed by atoms with van der Waals surface area (Å²) in [5, 5.41) is 5.85. The molecular formula is C29H31N3O4. The zero-order valence-corrected chi connectivity index (χ0v) is 20.1. The molecule has 1 aliphatic rings. The second-order valence-electron chi connectivity index (χ2n) is 8.91. The first-order valence-electron chi connectivity index (χ1n) is 12.2. The number of anilines is 1. The summed E-state index contributed by atoms with van der Waals surface area (Å²) in [6, 6.07) is 28.4. The molecule has 4 rings (SSSR count). The fraction of sp³-hybridized carbons (Fsp3) is 0.276. The molecule has 3 aromatic rings. The average molecular weight is 486 g/mol. The first-order chi connectivity index (χ1) is 17.6. The first-order valence-corrected chi connectivity index (χ1v) is 12.2. The van der Waals surface area contributed by atoms with E-state index >= 15 is 0 Å². The van der Waals surface area contributed by atoms with E-state index in [-0.39, 0.29) is 31.1 Å². The van der Waals surface area contributed by atoms with Gasteiger partial charge in [-0.2, -0.15) is 0 Å². The number of rotatable bonds is 8. The monoisotopic (exact) mass is 485 g/mol. The van der Waals surface area contributed by atoms with Crippen LogP contribution in [0.5, 0.6) is 0 Å². The molecule has 1 saturated heterocycles. The van der Waals surface area contributed by atoms with Crippen LogP contribution in [0.15, 0.2) is 91.0 Å². The lowest BCUT2D eigenvalue weighted by Crippen LogP contribution is -2.45. The Balaban J connectivity index is 1.29. The van der Waals surface area contributed by atoms with Gasteiger partial charge in [0, 0.05) is 18.8 Å². The third-order valence-electron chi connectivity index (χ3n) is 6.23. The van der Waals surface area contributed by atoms with Crippen molar-refractivity contribution in [2.24, 2.45) is 5.92 Å². The molecule has 0 aliphatic carbocycles. The Morgan fingerprint density at radius 1 is 0.889 bits per heavy atom. The molecule has 1 fully saturated rings. The molecule has 0 bridgehead atoms. The number of para-hydroxylation sites is 1. The van der Waals surface area contributed by atoms with Crippen molar-refractivity contribution in [2.45, 2.75) is 25.3 Å². The van der Waals surface area contributed by atoms with Gasteiger partial charge in [-0.05, 0) is 42.5 Å². The summed E-state index contributed by atoms with van der Waals surface area (Å²) >= 11 is 0. The van der Waals surface area contributed by atoms with Crippen molar-refractivity contribution in [3.63, 3.8) is 0 Å². The Hall–Kier alpha value is -4.13. The summed E-state index contributed by atoms with van der Waals surface area (Å²) in [4.78, 5) is 39.7. The van der Waals surface area contributed by atoms with E-state index in [9.17, 15) is 14.4 Å². The minimum atomic E-state index is -0.457. The summed E-state index contributed by atoms with van der Waals surface area (Å²) in [7, 11) is 0. The lowest BCUT2D eigenvalue weighted by Gasteiger charge is -2.31. The molecule has 0 saturated carbocycles. The van der Waals surface area contributed by atoms with Crippen molar-refractivity contribution in [1.29, 1.82) is 0 Å². The average Bonchev–Trinajstić information content (AvgIpc) is 2.93. The Morgan fingerprint density at radius 3 is 2.22 bits per heavy atom. The number of likely N-dealkylation sites (tertiary alicyclic amines) is 1. The van der Waals surface area contributed by atoms with Crippen LogP contribution >= 0.6 is 0 Å². The molecule has 2 N–H and O–H groups in total. The molecule has 7 nitrogen and oxygen atoms in total. The molecule has 2 atom stereocenters. The van der Waals surface area contributed by atoms with Crippen LogP contribution in [0.25, 0.3) is 0 Å². The molecule has 186 valence electrons. The van der Waals surface area contributed by atoms with Crippen LogP contribution < -0.4 is 10.6 Å². The predicted octanol–water partition coefficient (Wildman–Crippen LogP) is 4.57. The van der Waals surface area contributed by atoms with Gasteiger partial charge in [-0.25, -0.2) is 4.79 Å². The minimum absolute atomic E-state index is 0.244. The molecule has 3 amide bonds. The highest BCUT2D eigenvalue weighted by atomic mass is 16.5. The van der Waals surface area contributed by atoms with Crippen LogP contribution in [0.1, 0.15) is 30.0 Å². The summed E-state index contributed by atoms with van der Waals surface area (Å²) in [6.07, 6.45) is 1.94. The van der Waals surface area contributed by atoms with Gasteiger partial charge in [-0.1, -0.05) is 78.9 Å². The number of carbonyl (C=O) groups excluding carboxylic acids is 3. The minimum Gasteiger partial charge on any atom is -0.455 e. The molecule has 7 heteroatoms. The predicted molar refractivity (Wildman–Crippen MR) is 138 cm³/mol. The Morgan fingerprint density at radius 2 is 1.53 bits per heavy atom. The number of benzene rings is 3. The Kier molecular flexibility index (Phi) is 8.70. The van der Waals surface area contributed by atoms with Gasteiger partial charge in [0.1, 0.15) is 0 Å². The van der Waals surface area contributed by atoms with Gasteiger partial charge in [0.25, 0.3) is 5.91 Å². The van der Waals surface area contributed by atoms with E-state index in [0.29, 0.717) is 31.5 Å². The number of ether oxygens (including phenoxy) is 1. The fourth-order valence-corrected chi connectivity index (χ4v) is 4.36. The van der Waals surface area contributed by atoms with Gasteiger partial charge in [-0.3, -0.25) is 9.59 Å². The number of carbonyl (C=O) groups is 3. The van der Waals surface area contributed by atoms with Crippen LogP contribution in [-0.4, -0.2) is 42.5 Å². The zero-order valence-electron chi connectivity index (χ0n) is 20.1. The topological polar surface area (TPSA) is 87.7 Å². The number of hydrogen-bond donors (Lipinski definition) is 2. The molecule has 36 heavy (non-hydrogen) atoms. The van der Waals surface area contributed by atoms with Crippen LogP contribution in [-0.2, 0) is 20.7 Å². The molecule has 0 spiro atoms. The third-order valence-corrected chi connectivity index (χ3v) is 6.23. The molecule has 0 radical (unpaired) electrons. The standard InChI is InChI=1S/C29H31N3O4/c33-27(31-26(23-13-6-2-7-14-23)19-22-11-4-1-5-12-22)21-36-28(34)24-15-10-18-32(20-24)29(35)30-25-16-8-3-9-17-25/h1-9,11-14,16-17,24,26H,10,15,18-21H2,(H,30,35)(H,31,33). The second-order valence-corrected chi connectivity index (χ2v) is 8.91. The highest BCUT2D eigenvalue weighted by Gasteiger charge is 2.30. The van der Waals surface area contributed by atoms with Crippen molar-refractivity contribution in [3.8, 4) is 0 Å². The molecule has 3 aromatic carbocycles. The van der Waals surface area contributed by atoms with Gasteiger partial charge in [0.2, 0.25) is 0 Å². The van der Waals surface area contributed by atoms with Gasteiger partial charge < -0.3 is 20.3 Å². The maximum absolute atomic E-state index is 12.7. The number of nitrogens with zero attached hydrogens (tertiary/aromatic N) is 1. The second kappa shape index (κ2) is 12.5. The van der Waals surface area contributed by atoms with Gasteiger partial charge >= 0.3 is 12.0 Å². The molecule has 0 aromatic heterocycles. The number of amides is 3. The zero-order chi connectivity index (χ0) is 25.2. The molecule has 1 aliphatic heterocycles. The maximum atomic E-state index is 12.7. The molecule has 2 unspecified atom stereocenters. The maximum Gasteiger partial charge on any atom is 0.321 e.